The Morgan fingerprint density at radius 1 is 1.50 bits per heavy atom. The summed E-state index contributed by atoms with van der Waals surface area (Å²) in [6, 6.07) is 4.77. The molecule has 1 atom stereocenters. The van der Waals surface area contributed by atoms with Gasteiger partial charge in [-0.25, -0.2) is 12.8 Å². The lowest BCUT2D eigenvalue weighted by Crippen LogP contribution is -2.26. The predicted molar refractivity (Wildman–Crippen MR) is 59.8 cm³/mol. The lowest BCUT2D eigenvalue weighted by molar-refractivity contribution is 0.101. The van der Waals surface area contributed by atoms with E-state index in [1.165, 1.54) is 19.1 Å². The maximum atomic E-state index is 12.8. The molecule has 3 nitrogen and oxygen atoms in total. The van der Waals surface area contributed by atoms with E-state index in [1.54, 1.807) is 0 Å². The summed E-state index contributed by atoms with van der Waals surface area (Å²) in [4.78, 5) is 11.6. The fraction of sp³-hybridized carbons (Fsp3) is 0.300. The first-order valence-corrected chi connectivity index (χ1v) is 6.69. The number of hydrogen-bond acceptors (Lipinski definition) is 3. The zero-order valence-corrected chi connectivity index (χ0v) is 10.1. The van der Waals surface area contributed by atoms with E-state index in [9.17, 15) is 17.6 Å². The number of carbonyl (C=O) groups excluding carboxylic acids is 1. The highest BCUT2D eigenvalue weighted by molar-refractivity contribution is 7.94. The van der Waals surface area contributed by atoms with Crippen molar-refractivity contribution in [3.8, 4) is 0 Å². The van der Waals surface area contributed by atoms with E-state index in [4.69, 9.17) is 11.6 Å². The van der Waals surface area contributed by atoms with Crippen LogP contribution in [-0.4, -0.2) is 24.7 Å². The minimum Gasteiger partial charge on any atom is -0.291 e. The van der Waals surface area contributed by atoms with Crippen LogP contribution in [-0.2, 0) is 9.84 Å². The minimum absolute atomic E-state index is 0.0444. The first-order chi connectivity index (χ1) is 7.38. The molecule has 0 saturated heterocycles. The topological polar surface area (TPSA) is 51.2 Å². The Morgan fingerprint density at radius 2 is 2.12 bits per heavy atom. The zero-order chi connectivity index (χ0) is 12.3. The largest absolute Gasteiger partial charge is 0.291 e. The second-order valence-corrected chi connectivity index (χ2v) is 6.21. The summed E-state index contributed by atoms with van der Waals surface area (Å²) in [7, 11) is -3.66. The van der Waals surface area contributed by atoms with Gasteiger partial charge in [-0.2, -0.15) is 0 Å². The van der Waals surface area contributed by atoms with E-state index in [-0.39, 0.29) is 11.3 Å². The van der Waals surface area contributed by atoms with Crippen LogP contribution in [0.3, 0.4) is 0 Å². The van der Waals surface area contributed by atoms with Crippen LogP contribution in [0.1, 0.15) is 17.3 Å². The van der Waals surface area contributed by atoms with Crippen LogP contribution < -0.4 is 0 Å². The summed E-state index contributed by atoms with van der Waals surface area (Å²) < 4.78 is 33.9. The molecule has 0 aliphatic rings. The molecule has 1 aromatic rings. The van der Waals surface area contributed by atoms with Gasteiger partial charge in [-0.1, -0.05) is 30.7 Å². The number of alkyl halides is 1. The molecule has 0 aliphatic heterocycles. The number of sulfone groups is 1. The van der Waals surface area contributed by atoms with Gasteiger partial charge in [-0.05, 0) is 12.1 Å². The van der Waals surface area contributed by atoms with E-state index in [0.29, 0.717) is 0 Å². The third-order valence-corrected chi connectivity index (χ3v) is 4.69. The molecule has 16 heavy (non-hydrogen) atoms. The Kier molecular flexibility index (Phi) is 4.04. The Bertz CT molecular complexity index is 499. The third-order valence-electron chi connectivity index (χ3n) is 2.03. The molecule has 0 radical (unpaired) electrons. The maximum Gasteiger partial charge on any atom is 0.197 e. The molecule has 0 spiro atoms. The number of benzene rings is 1. The van der Waals surface area contributed by atoms with Gasteiger partial charge in [0.25, 0.3) is 0 Å². The number of ketones is 1. The van der Waals surface area contributed by atoms with Crippen molar-refractivity contribution in [2.24, 2.45) is 0 Å². The number of carbonyl (C=O) groups is 1. The average molecular weight is 265 g/mol. The van der Waals surface area contributed by atoms with Gasteiger partial charge in [0.2, 0.25) is 0 Å². The highest BCUT2D eigenvalue weighted by Gasteiger charge is 2.29. The molecule has 0 heterocycles. The molecule has 1 rings (SSSR count). The van der Waals surface area contributed by atoms with E-state index in [0.717, 1.165) is 12.1 Å². The molecule has 0 bridgehead atoms. The Hall–Kier alpha value is -0.940. The lowest BCUT2D eigenvalue weighted by atomic mass is 10.1. The van der Waals surface area contributed by atoms with Crippen LogP contribution in [0.25, 0.3) is 0 Å². The Balaban J connectivity index is 3.04. The molecular weight excluding hydrogens is 255 g/mol. The molecule has 0 N–H and O–H groups in total. The van der Waals surface area contributed by atoms with Gasteiger partial charge in [-0.15, -0.1) is 0 Å². The summed E-state index contributed by atoms with van der Waals surface area (Å²) in [5.74, 6) is -1.64. The van der Waals surface area contributed by atoms with Crippen LogP contribution in [0.4, 0.5) is 4.39 Å². The number of halogens is 2. The van der Waals surface area contributed by atoms with Crippen LogP contribution in [0.2, 0.25) is 0 Å². The van der Waals surface area contributed by atoms with Gasteiger partial charge < -0.3 is 0 Å². The standard InChI is InChI=1S/C10H10ClFO3S/c1-2-16(14,15)10(11)9(13)7-4-3-5-8(12)6-7/h3-6,10H,2H2,1H3/t10-/m1/s1. The van der Waals surface area contributed by atoms with Crippen molar-refractivity contribution >= 4 is 27.2 Å². The molecule has 0 fully saturated rings. The fourth-order valence-electron chi connectivity index (χ4n) is 1.08. The maximum absolute atomic E-state index is 12.8. The van der Waals surface area contributed by atoms with Crippen molar-refractivity contribution in [2.75, 3.05) is 5.75 Å². The number of hydrogen-bond donors (Lipinski definition) is 0. The monoisotopic (exact) mass is 264 g/mol. The van der Waals surface area contributed by atoms with Crippen molar-refractivity contribution in [2.45, 2.75) is 11.6 Å². The summed E-state index contributed by atoms with van der Waals surface area (Å²) >= 11 is 5.55. The van der Waals surface area contributed by atoms with Crippen molar-refractivity contribution in [1.82, 2.24) is 0 Å². The van der Waals surface area contributed by atoms with Crippen LogP contribution in [0.15, 0.2) is 24.3 Å². The first kappa shape index (κ1) is 13.1. The number of rotatable bonds is 4. The highest BCUT2D eigenvalue weighted by atomic mass is 35.5. The molecule has 0 unspecified atom stereocenters. The molecule has 0 aliphatic carbocycles. The second-order valence-electron chi connectivity index (χ2n) is 3.14. The van der Waals surface area contributed by atoms with Gasteiger partial charge >= 0.3 is 0 Å². The second kappa shape index (κ2) is 4.93. The predicted octanol–water partition coefficient (Wildman–Crippen LogP) is 2.01. The molecule has 1 aromatic carbocycles. The van der Waals surface area contributed by atoms with Crippen molar-refractivity contribution < 1.29 is 17.6 Å². The van der Waals surface area contributed by atoms with Crippen LogP contribution in [0.5, 0.6) is 0 Å². The van der Waals surface area contributed by atoms with Crippen molar-refractivity contribution in [3.05, 3.63) is 35.6 Å². The van der Waals surface area contributed by atoms with Gasteiger partial charge in [-0.3, -0.25) is 4.79 Å². The summed E-state index contributed by atoms with van der Waals surface area (Å²) in [6.45, 7) is 1.39. The molecule has 0 saturated carbocycles. The van der Waals surface area contributed by atoms with E-state index in [2.05, 4.69) is 0 Å². The molecule has 88 valence electrons. The summed E-state index contributed by atoms with van der Waals surface area (Å²) in [6.07, 6.45) is 0. The Labute approximate surface area is 98.1 Å². The highest BCUT2D eigenvalue weighted by Crippen LogP contribution is 2.15. The van der Waals surface area contributed by atoms with Crippen molar-refractivity contribution in [3.63, 3.8) is 0 Å². The van der Waals surface area contributed by atoms with Crippen LogP contribution in [0, 0.1) is 5.82 Å². The lowest BCUT2D eigenvalue weighted by Gasteiger charge is -2.08. The normalized spacial score (nSPS) is 13.4. The first-order valence-electron chi connectivity index (χ1n) is 4.54. The van der Waals surface area contributed by atoms with Crippen LogP contribution >= 0.6 is 11.6 Å². The summed E-state index contributed by atoms with van der Waals surface area (Å²) in [5, 5.41) is 0. The van der Waals surface area contributed by atoms with Gasteiger partial charge in [0.1, 0.15) is 5.82 Å². The van der Waals surface area contributed by atoms with Gasteiger partial charge in [0, 0.05) is 11.3 Å². The van der Waals surface area contributed by atoms with Crippen molar-refractivity contribution in [1.29, 1.82) is 0 Å². The smallest absolute Gasteiger partial charge is 0.197 e. The van der Waals surface area contributed by atoms with E-state index < -0.39 is 26.1 Å². The van der Waals surface area contributed by atoms with E-state index in [1.807, 2.05) is 0 Å². The SMILES string of the molecule is CCS(=O)(=O)[C@@H](Cl)C(=O)c1cccc(F)c1. The average Bonchev–Trinajstić information content (AvgIpc) is 2.27. The van der Waals surface area contributed by atoms with E-state index >= 15 is 0 Å². The molecule has 6 heteroatoms. The minimum atomic E-state index is -3.66. The summed E-state index contributed by atoms with van der Waals surface area (Å²) in [5.41, 5.74) is -0.0444. The fourth-order valence-corrected chi connectivity index (χ4v) is 2.34. The zero-order valence-electron chi connectivity index (χ0n) is 8.48. The van der Waals surface area contributed by atoms with Gasteiger partial charge in [0.15, 0.2) is 20.3 Å². The molecule has 0 amide bonds. The van der Waals surface area contributed by atoms with Gasteiger partial charge in [0.05, 0.1) is 0 Å². The molecular formula is C10H10ClFO3S. The quantitative estimate of drug-likeness (QED) is 0.617. The molecule has 0 aromatic heterocycles. The third kappa shape index (κ3) is 2.80. The number of Topliss-reactive ketones (excluding diaryl/α,β-unsaturated/α-hetero) is 1. The Morgan fingerprint density at radius 3 is 2.62 bits per heavy atom.